The maximum Gasteiger partial charge on any atom is 0.419 e. The molecule has 0 amide bonds. The number of aromatic nitrogens is 5. The number of sulfonamides is 1. The summed E-state index contributed by atoms with van der Waals surface area (Å²) in [5, 5.41) is 15.1. The zero-order chi connectivity index (χ0) is 20.4. The number of hydrogen-bond donors (Lipinski definition) is 2. The topological polar surface area (TPSA) is 137 Å². The van der Waals surface area contributed by atoms with Gasteiger partial charge in [0.2, 0.25) is 10.0 Å². The molecule has 0 aliphatic carbocycles. The van der Waals surface area contributed by atoms with Gasteiger partial charge in [0.1, 0.15) is 5.82 Å². The Morgan fingerprint density at radius 3 is 2.72 bits per heavy atom. The van der Waals surface area contributed by atoms with E-state index >= 15 is 0 Å². The quantitative estimate of drug-likeness (QED) is 0.416. The second-order valence-corrected chi connectivity index (χ2v) is 7.88. The van der Waals surface area contributed by atoms with E-state index in [0.29, 0.717) is 29.3 Å². The van der Waals surface area contributed by atoms with Crippen LogP contribution in [0.5, 0.6) is 0 Å². The van der Waals surface area contributed by atoms with Crippen LogP contribution in [0.25, 0.3) is 16.9 Å². The Balaban J connectivity index is 1.36. The van der Waals surface area contributed by atoms with Gasteiger partial charge in [-0.3, -0.25) is 4.57 Å². The molecule has 0 unspecified atom stereocenters. The smallest absolute Gasteiger partial charge is 0.408 e. The molecule has 1 aromatic carbocycles. The first-order valence-electron chi connectivity index (χ1n) is 8.61. The van der Waals surface area contributed by atoms with Crippen LogP contribution >= 0.6 is 0 Å². The van der Waals surface area contributed by atoms with E-state index in [1.54, 1.807) is 35.3 Å². The molecular formula is C17H17N7O4S. The van der Waals surface area contributed by atoms with Crippen LogP contribution in [0.4, 0.5) is 5.82 Å². The summed E-state index contributed by atoms with van der Waals surface area (Å²) >= 11 is 0. The third-order valence-electron chi connectivity index (χ3n) is 4.19. The van der Waals surface area contributed by atoms with E-state index in [-0.39, 0.29) is 11.4 Å². The molecule has 11 nitrogen and oxygen atoms in total. The Labute approximate surface area is 165 Å². The van der Waals surface area contributed by atoms with Gasteiger partial charge in [0.15, 0.2) is 11.4 Å². The molecule has 0 spiro atoms. The van der Waals surface area contributed by atoms with Crippen LogP contribution in [0.15, 0.2) is 62.9 Å². The van der Waals surface area contributed by atoms with Gasteiger partial charge in [0.25, 0.3) is 0 Å². The number of hydrogen-bond acceptors (Lipinski definition) is 8. The van der Waals surface area contributed by atoms with Crippen LogP contribution in [0.2, 0.25) is 0 Å². The first-order valence-corrected chi connectivity index (χ1v) is 10.1. The minimum absolute atomic E-state index is 0.0461. The van der Waals surface area contributed by atoms with Crippen LogP contribution in [0.3, 0.4) is 0 Å². The Bertz CT molecular complexity index is 1290. The number of nitrogens with zero attached hydrogens (tertiary/aromatic N) is 5. The SMILES string of the molecule is Cn1c(=O)oc2ccc(S(=O)(=O)NCCNc3ccc(-n4cccn4)nn3)cc21. The molecule has 3 heterocycles. The van der Waals surface area contributed by atoms with Gasteiger partial charge < -0.3 is 9.73 Å². The van der Waals surface area contributed by atoms with Crippen molar-refractivity contribution < 1.29 is 12.8 Å². The first-order chi connectivity index (χ1) is 13.9. The molecule has 3 aromatic heterocycles. The van der Waals surface area contributed by atoms with Crippen molar-refractivity contribution in [2.24, 2.45) is 7.05 Å². The number of oxazole rings is 1. The molecule has 0 saturated heterocycles. The Kier molecular flexibility index (Phi) is 4.86. The van der Waals surface area contributed by atoms with Crippen molar-refractivity contribution in [2.45, 2.75) is 4.90 Å². The minimum Gasteiger partial charge on any atom is -0.408 e. The molecule has 12 heteroatoms. The molecule has 0 atom stereocenters. The number of fused-ring (bicyclic) bond motifs is 1. The molecule has 0 radical (unpaired) electrons. The zero-order valence-electron chi connectivity index (χ0n) is 15.3. The number of benzene rings is 1. The lowest BCUT2D eigenvalue weighted by Crippen LogP contribution is -2.29. The molecule has 0 saturated carbocycles. The number of aryl methyl sites for hydroxylation is 1. The second-order valence-electron chi connectivity index (χ2n) is 6.11. The van der Waals surface area contributed by atoms with E-state index < -0.39 is 15.8 Å². The monoisotopic (exact) mass is 415 g/mol. The van der Waals surface area contributed by atoms with Gasteiger partial charge in [-0.05, 0) is 36.4 Å². The molecule has 2 N–H and O–H groups in total. The number of nitrogens with one attached hydrogen (secondary N) is 2. The fraction of sp³-hybridized carbons (Fsp3) is 0.176. The largest absolute Gasteiger partial charge is 0.419 e. The van der Waals surface area contributed by atoms with Crippen molar-refractivity contribution in [1.82, 2.24) is 29.3 Å². The van der Waals surface area contributed by atoms with Crippen molar-refractivity contribution >= 4 is 26.9 Å². The molecule has 0 aliphatic heterocycles. The third-order valence-corrected chi connectivity index (χ3v) is 5.64. The van der Waals surface area contributed by atoms with Gasteiger partial charge in [-0.2, -0.15) is 5.10 Å². The van der Waals surface area contributed by atoms with Crippen LogP contribution in [-0.2, 0) is 17.1 Å². The molecule has 0 bridgehead atoms. The molecule has 0 fully saturated rings. The van der Waals surface area contributed by atoms with E-state index in [1.165, 1.54) is 29.8 Å². The maximum absolute atomic E-state index is 12.5. The number of rotatable bonds is 7. The van der Waals surface area contributed by atoms with Crippen LogP contribution in [0, 0.1) is 0 Å². The molecular weight excluding hydrogens is 398 g/mol. The summed E-state index contributed by atoms with van der Waals surface area (Å²) in [4.78, 5) is 11.6. The highest BCUT2D eigenvalue weighted by Crippen LogP contribution is 2.17. The molecule has 0 aliphatic rings. The maximum atomic E-state index is 12.5. The summed E-state index contributed by atoms with van der Waals surface area (Å²) in [6.07, 6.45) is 3.40. The first kappa shape index (κ1) is 18.8. The van der Waals surface area contributed by atoms with Gasteiger partial charge in [-0.25, -0.2) is 22.6 Å². The fourth-order valence-electron chi connectivity index (χ4n) is 2.68. The highest BCUT2D eigenvalue weighted by atomic mass is 32.2. The van der Waals surface area contributed by atoms with E-state index in [2.05, 4.69) is 25.3 Å². The standard InChI is InChI=1S/C17H17N7O4S/c1-23-13-11-12(3-4-14(13)28-17(23)25)29(26,27)20-9-8-18-15-5-6-16(22-21-15)24-10-2-7-19-24/h2-7,10-11,20H,8-9H2,1H3,(H,18,21). The average molecular weight is 415 g/mol. The second kappa shape index (κ2) is 7.48. The van der Waals surface area contributed by atoms with E-state index in [1.807, 2.05) is 0 Å². The van der Waals surface area contributed by atoms with Crippen molar-refractivity contribution in [3.63, 3.8) is 0 Å². The lowest BCUT2D eigenvalue weighted by Gasteiger charge is -2.08. The van der Waals surface area contributed by atoms with Crippen LogP contribution in [0.1, 0.15) is 0 Å². The van der Waals surface area contributed by atoms with Crippen molar-refractivity contribution in [3.05, 3.63) is 59.3 Å². The van der Waals surface area contributed by atoms with Crippen molar-refractivity contribution in [2.75, 3.05) is 18.4 Å². The van der Waals surface area contributed by atoms with Gasteiger partial charge in [0, 0.05) is 32.5 Å². The Morgan fingerprint density at radius 1 is 1.14 bits per heavy atom. The van der Waals surface area contributed by atoms with Gasteiger partial charge in [0.05, 0.1) is 10.4 Å². The summed E-state index contributed by atoms with van der Waals surface area (Å²) in [6, 6.07) is 9.50. The zero-order valence-corrected chi connectivity index (χ0v) is 16.1. The lowest BCUT2D eigenvalue weighted by molar-refractivity contribution is 0.528. The minimum atomic E-state index is -3.74. The van der Waals surface area contributed by atoms with Crippen LogP contribution in [-0.4, -0.2) is 46.1 Å². The Hall–Kier alpha value is -3.51. The van der Waals surface area contributed by atoms with Crippen LogP contribution < -0.4 is 15.8 Å². The molecule has 29 heavy (non-hydrogen) atoms. The summed E-state index contributed by atoms with van der Waals surface area (Å²) in [5.41, 5.74) is 0.735. The van der Waals surface area contributed by atoms with E-state index in [9.17, 15) is 13.2 Å². The summed E-state index contributed by atoms with van der Waals surface area (Å²) in [6.45, 7) is 0.439. The predicted molar refractivity (Wildman–Crippen MR) is 104 cm³/mol. The number of anilines is 1. The summed E-state index contributed by atoms with van der Waals surface area (Å²) < 4.78 is 35.3. The third kappa shape index (κ3) is 3.88. The van der Waals surface area contributed by atoms with Crippen molar-refractivity contribution in [3.8, 4) is 5.82 Å². The summed E-state index contributed by atoms with van der Waals surface area (Å²) in [5.74, 6) is 0.534. The molecule has 4 rings (SSSR count). The average Bonchev–Trinajstić information content (AvgIpc) is 3.35. The van der Waals surface area contributed by atoms with Gasteiger partial charge in [-0.15, -0.1) is 10.2 Å². The summed E-state index contributed by atoms with van der Waals surface area (Å²) in [7, 11) is -2.23. The molecule has 150 valence electrons. The van der Waals surface area contributed by atoms with Gasteiger partial charge in [-0.1, -0.05) is 0 Å². The van der Waals surface area contributed by atoms with E-state index in [0.717, 1.165) is 0 Å². The lowest BCUT2D eigenvalue weighted by atomic mass is 10.3. The van der Waals surface area contributed by atoms with Gasteiger partial charge >= 0.3 is 5.76 Å². The normalized spacial score (nSPS) is 11.8. The van der Waals surface area contributed by atoms with Crippen molar-refractivity contribution in [1.29, 1.82) is 0 Å². The fourth-order valence-corrected chi connectivity index (χ4v) is 3.73. The predicted octanol–water partition coefficient (Wildman–Crippen LogP) is 0.498. The molecule has 4 aromatic rings. The Morgan fingerprint density at radius 2 is 2.00 bits per heavy atom. The highest BCUT2D eigenvalue weighted by Gasteiger charge is 2.16. The van der Waals surface area contributed by atoms with E-state index in [4.69, 9.17) is 4.42 Å². The highest BCUT2D eigenvalue weighted by molar-refractivity contribution is 7.89.